The maximum absolute atomic E-state index is 10.2. The minimum Gasteiger partial charge on any atom is -0.286 e. The standard InChI is InChI=1S/C4H3NO3.C2H6O3S/c6-3-1-2-4(7)5(3)8;1-2-6(3,4)5/h1-2,8H;2H2,1H3,(H,3,4,5). The van der Waals surface area contributed by atoms with Gasteiger partial charge in [0, 0.05) is 12.2 Å². The normalized spacial score (nSPS) is 15.5. The fourth-order valence-electron chi connectivity index (χ4n) is 0.392. The summed E-state index contributed by atoms with van der Waals surface area (Å²) in [6, 6.07) is 0. The molecule has 0 radical (unpaired) electrons. The van der Waals surface area contributed by atoms with E-state index in [9.17, 15) is 18.0 Å². The summed E-state index contributed by atoms with van der Waals surface area (Å²) in [6.07, 6.45) is 2.00. The van der Waals surface area contributed by atoms with Gasteiger partial charge in [-0.2, -0.15) is 8.42 Å². The van der Waals surface area contributed by atoms with Crippen LogP contribution in [0, 0.1) is 0 Å². The lowest BCUT2D eigenvalue weighted by molar-refractivity contribution is -0.169. The minimum absolute atomic E-state index is 0.0556. The van der Waals surface area contributed by atoms with Crippen LogP contribution >= 0.6 is 0 Å². The van der Waals surface area contributed by atoms with Gasteiger partial charge in [0.05, 0.1) is 5.75 Å². The van der Waals surface area contributed by atoms with Crippen molar-refractivity contribution < 1.29 is 27.8 Å². The molecule has 0 spiro atoms. The number of hydrogen-bond acceptors (Lipinski definition) is 5. The van der Waals surface area contributed by atoms with Crippen molar-refractivity contribution in [1.82, 2.24) is 5.06 Å². The lowest BCUT2D eigenvalue weighted by atomic mass is 10.6. The van der Waals surface area contributed by atoms with Crippen LogP contribution in [0.4, 0.5) is 0 Å². The fourth-order valence-corrected chi connectivity index (χ4v) is 0.392. The first-order valence-electron chi connectivity index (χ1n) is 3.48. The maximum Gasteiger partial charge on any atom is 0.277 e. The van der Waals surface area contributed by atoms with E-state index in [4.69, 9.17) is 9.76 Å². The summed E-state index contributed by atoms with van der Waals surface area (Å²) in [5.41, 5.74) is 0. The van der Waals surface area contributed by atoms with Gasteiger partial charge >= 0.3 is 0 Å². The number of hydrogen-bond donors (Lipinski definition) is 2. The number of nitrogens with zero attached hydrogens (tertiary/aromatic N) is 1. The molecule has 0 saturated carbocycles. The summed E-state index contributed by atoms with van der Waals surface area (Å²) in [5, 5.41) is 8.39. The Morgan fingerprint density at radius 2 is 1.57 bits per heavy atom. The average Bonchev–Trinajstić information content (AvgIpc) is 2.36. The van der Waals surface area contributed by atoms with Crippen molar-refractivity contribution in [3.63, 3.8) is 0 Å². The molecule has 2 N–H and O–H groups in total. The second-order valence-electron chi connectivity index (χ2n) is 2.19. The molecule has 1 aliphatic heterocycles. The summed E-state index contributed by atoms with van der Waals surface area (Å²) in [5.74, 6) is -1.57. The van der Waals surface area contributed by atoms with Crippen LogP contribution in [0.3, 0.4) is 0 Å². The number of hydroxylamine groups is 2. The van der Waals surface area contributed by atoms with E-state index >= 15 is 0 Å². The Balaban J connectivity index is 0.000000255. The van der Waals surface area contributed by atoms with Crippen LogP contribution in [0.15, 0.2) is 12.2 Å². The Bertz CT molecular complexity index is 339. The van der Waals surface area contributed by atoms with Crippen LogP contribution < -0.4 is 0 Å². The van der Waals surface area contributed by atoms with E-state index in [1.807, 2.05) is 0 Å². The zero-order valence-electron chi connectivity index (χ0n) is 7.24. The van der Waals surface area contributed by atoms with Crippen molar-refractivity contribution in [3.8, 4) is 0 Å². The monoisotopic (exact) mass is 223 g/mol. The van der Waals surface area contributed by atoms with Crippen molar-refractivity contribution >= 4 is 21.9 Å². The maximum atomic E-state index is 10.2. The highest BCUT2D eigenvalue weighted by atomic mass is 32.2. The van der Waals surface area contributed by atoms with Crippen molar-refractivity contribution in [2.45, 2.75) is 6.92 Å². The lowest BCUT2D eigenvalue weighted by Crippen LogP contribution is -2.25. The molecule has 8 heteroatoms. The van der Waals surface area contributed by atoms with Gasteiger partial charge < -0.3 is 0 Å². The Labute approximate surface area is 80.3 Å². The second-order valence-corrected chi connectivity index (χ2v) is 3.93. The van der Waals surface area contributed by atoms with Crippen LogP contribution in [0.1, 0.15) is 6.92 Å². The quantitative estimate of drug-likeness (QED) is 0.341. The van der Waals surface area contributed by atoms with Gasteiger partial charge in [0.1, 0.15) is 0 Å². The van der Waals surface area contributed by atoms with Crippen molar-refractivity contribution in [1.29, 1.82) is 0 Å². The zero-order valence-corrected chi connectivity index (χ0v) is 8.06. The Morgan fingerprint density at radius 3 is 1.64 bits per heavy atom. The molecule has 2 amide bonds. The van der Waals surface area contributed by atoms with E-state index in [1.54, 1.807) is 0 Å². The molecule has 0 aromatic carbocycles. The molecule has 1 aliphatic rings. The highest BCUT2D eigenvalue weighted by Crippen LogP contribution is 1.96. The van der Waals surface area contributed by atoms with Gasteiger partial charge in [-0.25, -0.2) is 0 Å². The van der Waals surface area contributed by atoms with E-state index in [0.29, 0.717) is 0 Å². The summed E-state index contributed by atoms with van der Waals surface area (Å²) in [4.78, 5) is 20.3. The molecular weight excluding hydrogens is 214 g/mol. The van der Waals surface area contributed by atoms with Gasteiger partial charge in [0.25, 0.3) is 21.9 Å². The molecule has 0 saturated heterocycles. The van der Waals surface area contributed by atoms with Crippen LogP contribution in [-0.2, 0) is 19.7 Å². The van der Waals surface area contributed by atoms with E-state index in [2.05, 4.69) is 0 Å². The van der Waals surface area contributed by atoms with E-state index in [-0.39, 0.29) is 10.8 Å². The summed E-state index contributed by atoms with van der Waals surface area (Å²) < 4.78 is 26.9. The molecule has 1 rings (SSSR count). The largest absolute Gasteiger partial charge is 0.286 e. The van der Waals surface area contributed by atoms with E-state index in [1.165, 1.54) is 6.92 Å². The second kappa shape index (κ2) is 4.84. The third-order valence-electron chi connectivity index (χ3n) is 1.15. The summed E-state index contributed by atoms with van der Waals surface area (Å²) in [7, 11) is -3.66. The number of imide groups is 1. The first-order chi connectivity index (χ1) is 6.28. The Kier molecular flexibility index (Phi) is 4.41. The van der Waals surface area contributed by atoms with Crippen molar-refractivity contribution in [2.75, 3.05) is 5.75 Å². The van der Waals surface area contributed by atoms with Crippen LogP contribution in [0.2, 0.25) is 0 Å². The van der Waals surface area contributed by atoms with Crippen molar-refractivity contribution in [2.24, 2.45) is 0 Å². The van der Waals surface area contributed by atoms with Crippen molar-refractivity contribution in [3.05, 3.63) is 12.2 Å². The third kappa shape index (κ3) is 4.70. The Morgan fingerprint density at radius 1 is 1.29 bits per heavy atom. The highest BCUT2D eigenvalue weighted by molar-refractivity contribution is 7.85. The Hall–Kier alpha value is -1.25. The molecule has 0 bridgehead atoms. The molecule has 14 heavy (non-hydrogen) atoms. The van der Waals surface area contributed by atoms with Gasteiger partial charge in [0.2, 0.25) is 0 Å². The summed E-state index contributed by atoms with van der Waals surface area (Å²) in [6.45, 7) is 1.37. The fraction of sp³-hybridized carbons (Fsp3) is 0.333. The molecule has 0 atom stereocenters. The molecule has 0 aromatic heterocycles. The number of carbonyl (C=O) groups excluding carboxylic acids is 2. The van der Waals surface area contributed by atoms with E-state index < -0.39 is 21.9 Å². The predicted octanol–water partition coefficient (Wildman–Crippen LogP) is -0.805. The molecule has 0 unspecified atom stereocenters. The molecule has 0 aromatic rings. The SMILES string of the molecule is CCS(=O)(=O)O.O=C1C=CC(=O)N1O. The van der Waals surface area contributed by atoms with E-state index in [0.717, 1.165) is 12.2 Å². The van der Waals surface area contributed by atoms with Gasteiger partial charge in [-0.05, 0) is 6.92 Å². The molecular formula is C6H9NO6S. The highest BCUT2D eigenvalue weighted by Gasteiger charge is 2.20. The average molecular weight is 223 g/mol. The minimum atomic E-state index is -3.66. The summed E-state index contributed by atoms with van der Waals surface area (Å²) >= 11 is 0. The number of amides is 2. The molecule has 7 nitrogen and oxygen atoms in total. The predicted molar refractivity (Wildman–Crippen MR) is 44.9 cm³/mol. The van der Waals surface area contributed by atoms with Gasteiger partial charge in [-0.1, -0.05) is 0 Å². The first kappa shape index (κ1) is 12.8. The molecule has 0 fully saturated rings. The zero-order chi connectivity index (χ0) is 11.4. The lowest BCUT2D eigenvalue weighted by Gasteiger charge is -1.98. The van der Waals surface area contributed by atoms with Crippen LogP contribution in [0.25, 0.3) is 0 Å². The first-order valence-corrected chi connectivity index (χ1v) is 5.09. The topological polar surface area (TPSA) is 112 Å². The number of carbonyl (C=O) groups is 2. The van der Waals surface area contributed by atoms with Gasteiger partial charge in [0.15, 0.2) is 0 Å². The molecule has 1 heterocycles. The molecule has 80 valence electrons. The van der Waals surface area contributed by atoms with Crippen LogP contribution in [0.5, 0.6) is 0 Å². The van der Waals surface area contributed by atoms with Gasteiger partial charge in [-0.15, -0.1) is 5.06 Å². The number of rotatable bonds is 1. The molecule has 0 aliphatic carbocycles. The third-order valence-corrected chi connectivity index (χ3v) is 1.88. The van der Waals surface area contributed by atoms with Crippen LogP contribution in [-0.4, -0.2) is 40.8 Å². The van der Waals surface area contributed by atoms with Gasteiger partial charge in [-0.3, -0.25) is 19.3 Å². The smallest absolute Gasteiger partial charge is 0.277 e.